The third-order valence-corrected chi connectivity index (χ3v) is 2.17. The van der Waals surface area contributed by atoms with Gasteiger partial charge in [-0.3, -0.25) is 0 Å². The van der Waals surface area contributed by atoms with Gasteiger partial charge in [0.25, 0.3) is 0 Å². The van der Waals surface area contributed by atoms with Crippen molar-refractivity contribution >= 4 is 11.6 Å². The summed E-state index contributed by atoms with van der Waals surface area (Å²) in [6, 6.07) is 0. The first kappa shape index (κ1) is 11.3. The Balaban J connectivity index is 2.80. The Labute approximate surface area is 76.3 Å². The molecule has 0 saturated heterocycles. The van der Waals surface area contributed by atoms with Gasteiger partial charge in [-0.05, 0) is 13.3 Å². The van der Waals surface area contributed by atoms with Gasteiger partial charge in [-0.15, -0.1) is 11.6 Å². The van der Waals surface area contributed by atoms with Gasteiger partial charge in [0, 0.05) is 5.38 Å². The number of hydrogen-bond donors (Lipinski definition) is 0. The molecule has 0 saturated carbocycles. The predicted molar refractivity (Wildman–Crippen MR) is 53.3 cm³/mol. The average molecular weight is 177 g/mol. The summed E-state index contributed by atoms with van der Waals surface area (Å²) in [5, 5.41) is 0.376. The van der Waals surface area contributed by atoms with Crippen molar-refractivity contribution in [3.05, 3.63) is 0 Å². The molecule has 0 bridgehead atoms. The molecular weight excluding hydrogens is 156 g/mol. The van der Waals surface area contributed by atoms with Crippen LogP contribution in [0.25, 0.3) is 0 Å². The maximum absolute atomic E-state index is 5.82. The second-order valence-corrected chi connectivity index (χ2v) is 4.08. The quantitative estimate of drug-likeness (QED) is 0.399. The van der Waals surface area contributed by atoms with E-state index >= 15 is 0 Å². The largest absolute Gasteiger partial charge is 0.123 e. The van der Waals surface area contributed by atoms with Crippen molar-refractivity contribution in [1.82, 2.24) is 0 Å². The van der Waals surface area contributed by atoms with Gasteiger partial charge in [-0.1, -0.05) is 45.4 Å². The van der Waals surface area contributed by atoms with Gasteiger partial charge in [-0.25, -0.2) is 0 Å². The lowest BCUT2D eigenvalue weighted by Crippen LogP contribution is -1.89. The van der Waals surface area contributed by atoms with Gasteiger partial charge >= 0.3 is 0 Å². The van der Waals surface area contributed by atoms with Crippen LogP contribution in [0.2, 0.25) is 0 Å². The van der Waals surface area contributed by atoms with Crippen molar-refractivity contribution in [2.24, 2.45) is 0 Å². The molecule has 1 heteroatoms. The zero-order valence-electron chi connectivity index (χ0n) is 7.91. The van der Waals surface area contributed by atoms with Gasteiger partial charge in [0.05, 0.1) is 0 Å². The van der Waals surface area contributed by atoms with Gasteiger partial charge in [0.1, 0.15) is 0 Å². The van der Waals surface area contributed by atoms with Crippen LogP contribution in [0.1, 0.15) is 58.8 Å². The highest BCUT2D eigenvalue weighted by Gasteiger charge is 1.95. The van der Waals surface area contributed by atoms with E-state index in [1.54, 1.807) is 0 Å². The normalized spacial score (nSPS) is 13.4. The fourth-order valence-corrected chi connectivity index (χ4v) is 1.36. The SMILES string of the molecule is CCCCCCCC[C@@H](C)Cl. The van der Waals surface area contributed by atoms with Crippen molar-refractivity contribution in [2.45, 2.75) is 64.2 Å². The molecule has 0 rings (SSSR count). The lowest BCUT2D eigenvalue weighted by molar-refractivity contribution is 0.587. The van der Waals surface area contributed by atoms with Crippen LogP contribution in [0.15, 0.2) is 0 Å². The van der Waals surface area contributed by atoms with Crippen molar-refractivity contribution in [3.63, 3.8) is 0 Å². The summed E-state index contributed by atoms with van der Waals surface area (Å²) in [6.45, 7) is 4.33. The first-order chi connectivity index (χ1) is 5.27. The van der Waals surface area contributed by atoms with Gasteiger partial charge in [0.2, 0.25) is 0 Å². The van der Waals surface area contributed by atoms with E-state index in [9.17, 15) is 0 Å². The Kier molecular flexibility index (Phi) is 8.61. The minimum Gasteiger partial charge on any atom is -0.123 e. The fourth-order valence-electron chi connectivity index (χ4n) is 1.21. The molecule has 68 valence electrons. The standard InChI is InChI=1S/C10H21Cl/c1-3-4-5-6-7-8-9-10(2)11/h10H,3-9H2,1-2H3/t10-/m1/s1. The van der Waals surface area contributed by atoms with E-state index in [4.69, 9.17) is 11.6 Å². The van der Waals surface area contributed by atoms with E-state index in [0.717, 1.165) is 0 Å². The summed E-state index contributed by atoms with van der Waals surface area (Å²) in [5.74, 6) is 0. The molecule has 0 unspecified atom stereocenters. The third-order valence-electron chi connectivity index (χ3n) is 1.96. The molecule has 0 fully saturated rings. The molecule has 0 nitrogen and oxygen atoms in total. The predicted octanol–water partition coefficient (Wildman–Crippen LogP) is 4.36. The Morgan fingerprint density at radius 2 is 1.55 bits per heavy atom. The first-order valence-corrected chi connectivity index (χ1v) is 5.35. The van der Waals surface area contributed by atoms with Crippen LogP contribution >= 0.6 is 11.6 Å². The maximum Gasteiger partial charge on any atom is 0.0307 e. The molecule has 0 aliphatic heterocycles. The molecule has 0 aliphatic carbocycles. The molecule has 1 atom stereocenters. The average Bonchev–Trinajstić information content (AvgIpc) is 1.96. The van der Waals surface area contributed by atoms with Crippen LogP contribution < -0.4 is 0 Å². The minimum atomic E-state index is 0.376. The summed E-state index contributed by atoms with van der Waals surface area (Å²) in [6.07, 6.45) is 9.42. The summed E-state index contributed by atoms with van der Waals surface area (Å²) in [7, 11) is 0. The number of rotatable bonds is 7. The van der Waals surface area contributed by atoms with E-state index in [-0.39, 0.29) is 0 Å². The topological polar surface area (TPSA) is 0 Å². The molecule has 0 aromatic carbocycles. The molecule has 0 aliphatic rings. The van der Waals surface area contributed by atoms with Crippen molar-refractivity contribution in [2.75, 3.05) is 0 Å². The van der Waals surface area contributed by atoms with E-state index in [1.165, 1.54) is 44.9 Å². The summed E-state index contributed by atoms with van der Waals surface area (Å²) >= 11 is 5.82. The van der Waals surface area contributed by atoms with Crippen molar-refractivity contribution in [3.8, 4) is 0 Å². The Hall–Kier alpha value is 0.290. The van der Waals surface area contributed by atoms with Crippen LogP contribution in [-0.2, 0) is 0 Å². The lowest BCUT2D eigenvalue weighted by atomic mass is 10.1. The number of halogens is 1. The summed E-state index contributed by atoms with van der Waals surface area (Å²) < 4.78 is 0. The van der Waals surface area contributed by atoms with Gasteiger partial charge < -0.3 is 0 Å². The van der Waals surface area contributed by atoms with Gasteiger partial charge in [-0.2, -0.15) is 0 Å². The second-order valence-electron chi connectivity index (χ2n) is 3.34. The molecule has 0 heterocycles. The number of unbranched alkanes of at least 4 members (excludes halogenated alkanes) is 5. The molecule has 0 spiro atoms. The number of hydrogen-bond acceptors (Lipinski definition) is 0. The molecular formula is C10H21Cl. The molecule has 0 aromatic heterocycles. The smallest absolute Gasteiger partial charge is 0.0307 e. The minimum absolute atomic E-state index is 0.376. The van der Waals surface area contributed by atoms with Crippen molar-refractivity contribution < 1.29 is 0 Å². The lowest BCUT2D eigenvalue weighted by Gasteiger charge is -2.01. The zero-order valence-corrected chi connectivity index (χ0v) is 8.66. The van der Waals surface area contributed by atoms with Crippen LogP contribution in [0, 0.1) is 0 Å². The Bertz CT molecular complexity index is 69.3. The molecule has 0 N–H and O–H groups in total. The summed E-state index contributed by atoms with van der Waals surface area (Å²) in [4.78, 5) is 0. The molecule has 11 heavy (non-hydrogen) atoms. The fraction of sp³-hybridized carbons (Fsp3) is 1.00. The first-order valence-electron chi connectivity index (χ1n) is 4.91. The molecule has 0 radical (unpaired) electrons. The molecule has 0 aromatic rings. The van der Waals surface area contributed by atoms with Crippen LogP contribution in [0.3, 0.4) is 0 Å². The monoisotopic (exact) mass is 176 g/mol. The highest BCUT2D eigenvalue weighted by atomic mass is 35.5. The van der Waals surface area contributed by atoms with Gasteiger partial charge in [0.15, 0.2) is 0 Å². The highest BCUT2D eigenvalue weighted by Crippen LogP contribution is 2.10. The van der Waals surface area contributed by atoms with E-state index in [0.29, 0.717) is 5.38 Å². The Morgan fingerprint density at radius 1 is 1.00 bits per heavy atom. The molecule has 0 amide bonds. The Morgan fingerprint density at radius 3 is 2.09 bits per heavy atom. The highest BCUT2D eigenvalue weighted by molar-refractivity contribution is 6.20. The van der Waals surface area contributed by atoms with E-state index < -0.39 is 0 Å². The second kappa shape index (κ2) is 8.39. The zero-order chi connectivity index (χ0) is 8.53. The maximum atomic E-state index is 5.82. The van der Waals surface area contributed by atoms with E-state index in [2.05, 4.69) is 13.8 Å². The summed E-state index contributed by atoms with van der Waals surface area (Å²) in [5.41, 5.74) is 0. The number of alkyl halides is 1. The third kappa shape index (κ3) is 10.3. The van der Waals surface area contributed by atoms with Crippen LogP contribution in [0.5, 0.6) is 0 Å². The van der Waals surface area contributed by atoms with Crippen LogP contribution in [-0.4, -0.2) is 5.38 Å². The van der Waals surface area contributed by atoms with E-state index in [1.807, 2.05) is 0 Å². The van der Waals surface area contributed by atoms with Crippen LogP contribution in [0.4, 0.5) is 0 Å². The van der Waals surface area contributed by atoms with Crippen molar-refractivity contribution in [1.29, 1.82) is 0 Å².